The van der Waals surface area contributed by atoms with E-state index in [9.17, 15) is 4.79 Å². The van der Waals surface area contributed by atoms with Gasteiger partial charge in [-0.1, -0.05) is 4.49 Å². The normalized spacial score (nSPS) is 15.3. The summed E-state index contributed by atoms with van der Waals surface area (Å²) in [5.41, 5.74) is 4.25. The molecule has 0 atom stereocenters. The van der Waals surface area contributed by atoms with Crippen molar-refractivity contribution in [3.8, 4) is 22.8 Å². The van der Waals surface area contributed by atoms with Crippen LogP contribution in [0.3, 0.4) is 0 Å². The lowest BCUT2D eigenvalue weighted by molar-refractivity contribution is 0.0728. The molecule has 0 unspecified atom stereocenters. The number of carbonyl (C=O) groups is 1. The highest BCUT2D eigenvalue weighted by Gasteiger charge is 2.28. The number of hydrogen-bond donors (Lipinski definition) is 1. The molecule has 0 spiro atoms. The van der Waals surface area contributed by atoms with Gasteiger partial charge in [0.25, 0.3) is 5.91 Å². The Morgan fingerprint density at radius 2 is 2.20 bits per heavy atom. The van der Waals surface area contributed by atoms with Gasteiger partial charge in [0.15, 0.2) is 17.2 Å². The number of rotatable bonds is 2. The Bertz CT molecular complexity index is 953. The number of nitrogens with zero attached hydrogens (tertiary/aromatic N) is 4. The standard InChI is InChI=1S/C16H13N5O3S/c22-16(12-7-25-20-18-12)21-4-3-11-10(6-21)15(19-17-11)9-1-2-13-14(5-9)24-8-23-13/h1-2,5,7H,3-4,6,8H2,(H,17,19). The average molecular weight is 355 g/mol. The molecule has 8 nitrogen and oxygen atoms in total. The molecular weight excluding hydrogens is 342 g/mol. The van der Waals surface area contributed by atoms with Crippen LogP contribution in [0, 0.1) is 0 Å². The zero-order chi connectivity index (χ0) is 16.8. The van der Waals surface area contributed by atoms with Crippen molar-refractivity contribution in [1.29, 1.82) is 0 Å². The van der Waals surface area contributed by atoms with Crippen LogP contribution < -0.4 is 9.47 Å². The number of aromatic amines is 1. The molecule has 0 aliphatic carbocycles. The van der Waals surface area contributed by atoms with Gasteiger partial charge in [-0.2, -0.15) is 5.10 Å². The van der Waals surface area contributed by atoms with E-state index >= 15 is 0 Å². The van der Waals surface area contributed by atoms with E-state index in [1.54, 1.807) is 10.3 Å². The molecule has 0 bridgehead atoms. The summed E-state index contributed by atoms with van der Waals surface area (Å²) in [5.74, 6) is 1.35. The molecule has 5 rings (SSSR count). The van der Waals surface area contributed by atoms with Crippen molar-refractivity contribution in [3.63, 3.8) is 0 Å². The van der Waals surface area contributed by atoms with Crippen LogP contribution in [0.15, 0.2) is 23.6 Å². The fraction of sp³-hybridized carbons (Fsp3) is 0.250. The Hall–Kier alpha value is -2.94. The zero-order valence-electron chi connectivity index (χ0n) is 13.1. The molecular formula is C16H13N5O3S. The molecule has 0 radical (unpaired) electrons. The first-order chi connectivity index (χ1) is 12.3. The lowest BCUT2D eigenvalue weighted by atomic mass is 10.0. The summed E-state index contributed by atoms with van der Waals surface area (Å²) in [6.07, 6.45) is 0.732. The highest BCUT2D eigenvalue weighted by molar-refractivity contribution is 7.03. The van der Waals surface area contributed by atoms with Crippen LogP contribution in [0.2, 0.25) is 0 Å². The lowest BCUT2D eigenvalue weighted by Crippen LogP contribution is -2.36. The molecule has 2 aromatic heterocycles. The first kappa shape index (κ1) is 14.4. The molecule has 4 heterocycles. The Labute approximate surface area is 146 Å². The van der Waals surface area contributed by atoms with Gasteiger partial charge < -0.3 is 14.4 Å². The number of hydrogen-bond acceptors (Lipinski definition) is 7. The van der Waals surface area contributed by atoms with E-state index in [1.165, 1.54) is 11.5 Å². The summed E-state index contributed by atoms with van der Waals surface area (Å²) in [4.78, 5) is 14.3. The van der Waals surface area contributed by atoms with E-state index in [0.29, 0.717) is 24.5 Å². The van der Waals surface area contributed by atoms with Gasteiger partial charge in [0.05, 0.1) is 12.2 Å². The molecule has 2 aliphatic heterocycles. The molecule has 1 amide bonds. The van der Waals surface area contributed by atoms with E-state index in [-0.39, 0.29) is 12.7 Å². The second kappa shape index (κ2) is 5.55. The van der Waals surface area contributed by atoms with E-state index in [0.717, 1.165) is 34.7 Å². The predicted molar refractivity (Wildman–Crippen MR) is 88.5 cm³/mol. The second-order valence-corrected chi connectivity index (χ2v) is 6.47. The third kappa shape index (κ3) is 2.35. The maximum Gasteiger partial charge on any atom is 0.275 e. The van der Waals surface area contributed by atoms with Gasteiger partial charge in [0.2, 0.25) is 6.79 Å². The van der Waals surface area contributed by atoms with Crippen LogP contribution in [0.25, 0.3) is 11.3 Å². The van der Waals surface area contributed by atoms with Crippen LogP contribution >= 0.6 is 11.5 Å². The van der Waals surface area contributed by atoms with Gasteiger partial charge in [0, 0.05) is 35.2 Å². The number of nitrogens with one attached hydrogen (secondary N) is 1. The average Bonchev–Trinajstić information content (AvgIpc) is 3.39. The third-order valence-corrected chi connectivity index (χ3v) is 4.95. The summed E-state index contributed by atoms with van der Waals surface area (Å²) in [6.45, 7) is 1.36. The number of fused-ring (bicyclic) bond motifs is 2. The number of H-pyrrole nitrogens is 1. The third-order valence-electron chi connectivity index (χ3n) is 4.45. The largest absolute Gasteiger partial charge is 0.454 e. The highest BCUT2D eigenvalue weighted by atomic mass is 32.1. The van der Waals surface area contributed by atoms with E-state index < -0.39 is 0 Å². The molecule has 126 valence electrons. The van der Waals surface area contributed by atoms with Gasteiger partial charge >= 0.3 is 0 Å². The summed E-state index contributed by atoms with van der Waals surface area (Å²) in [7, 11) is 0. The molecule has 9 heteroatoms. The van der Waals surface area contributed by atoms with Crippen molar-refractivity contribution in [2.75, 3.05) is 13.3 Å². The molecule has 1 aromatic carbocycles. The maximum absolute atomic E-state index is 12.6. The van der Waals surface area contributed by atoms with E-state index in [1.807, 2.05) is 18.2 Å². The Kier molecular flexibility index (Phi) is 3.20. The summed E-state index contributed by atoms with van der Waals surface area (Å²) in [6, 6.07) is 5.75. The quantitative estimate of drug-likeness (QED) is 0.754. The van der Waals surface area contributed by atoms with Crippen molar-refractivity contribution in [2.24, 2.45) is 0 Å². The lowest BCUT2D eigenvalue weighted by Gasteiger charge is -2.26. The molecule has 0 fully saturated rings. The fourth-order valence-corrected chi connectivity index (χ4v) is 3.60. The Morgan fingerprint density at radius 1 is 1.28 bits per heavy atom. The van der Waals surface area contributed by atoms with E-state index in [4.69, 9.17) is 9.47 Å². The van der Waals surface area contributed by atoms with Crippen molar-refractivity contribution >= 4 is 17.4 Å². The second-order valence-electron chi connectivity index (χ2n) is 5.86. The van der Waals surface area contributed by atoms with Gasteiger partial charge in [-0.3, -0.25) is 9.89 Å². The Balaban J connectivity index is 1.48. The van der Waals surface area contributed by atoms with Crippen molar-refractivity contribution < 1.29 is 14.3 Å². The number of carbonyl (C=O) groups excluding carboxylic acids is 1. The molecule has 25 heavy (non-hydrogen) atoms. The van der Waals surface area contributed by atoms with Crippen LogP contribution in [0.1, 0.15) is 21.7 Å². The maximum atomic E-state index is 12.6. The van der Waals surface area contributed by atoms with Crippen LogP contribution in [0.5, 0.6) is 11.5 Å². The minimum atomic E-state index is -0.0998. The first-order valence-electron chi connectivity index (χ1n) is 7.82. The zero-order valence-corrected chi connectivity index (χ0v) is 13.9. The number of aromatic nitrogens is 4. The number of amides is 1. The number of benzene rings is 1. The number of ether oxygens (including phenoxy) is 2. The minimum absolute atomic E-state index is 0.0998. The van der Waals surface area contributed by atoms with Crippen molar-refractivity contribution in [1.82, 2.24) is 24.7 Å². The molecule has 1 N–H and O–H groups in total. The first-order valence-corrected chi connectivity index (χ1v) is 8.66. The smallest absolute Gasteiger partial charge is 0.275 e. The summed E-state index contributed by atoms with van der Waals surface area (Å²) in [5, 5.41) is 13.1. The van der Waals surface area contributed by atoms with Gasteiger partial charge in [-0.15, -0.1) is 5.10 Å². The molecule has 0 saturated carbocycles. The topological polar surface area (TPSA) is 93.2 Å². The van der Waals surface area contributed by atoms with Crippen LogP contribution in [0.4, 0.5) is 0 Å². The SMILES string of the molecule is O=C(c1csnn1)N1CCc2[nH]nc(-c3ccc4c(c3)OCO4)c2C1. The molecule has 3 aromatic rings. The Morgan fingerprint density at radius 3 is 3.08 bits per heavy atom. The van der Waals surface area contributed by atoms with Gasteiger partial charge in [-0.05, 0) is 29.7 Å². The molecule has 2 aliphatic rings. The van der Waals surface area contributed by atoms with Crippen LogP contribution in [-0.2, 0) is 13.0 Å². The summed E-state index contributed by atoms with van der Waals surface area (Å²) < 4.78 is 14.6. The van der Waals surface area contributed by atoms with Gasteiger partial charge in [-0.25, -0.2) is 0 Å². The van der Waals surface area contributed by atoms with Gasteiger partial charge in [0.1, 0.15) is 0 Å². The van der Waals surface area contributed by atoms with Crippen molar-refractivity contribution in [3.05, 3.63) is 40.5 Å². The van der Waals surface area contributed by atoms with E-state index in [2.05, 4.69) is 19.8 Å². The highest BCUT2D eigenvalue weighted by Crippen LogP contribution is 2.37. The monoisotopic (exact) mass is 355 g/mol. The van der Waals surface area contributed by atoms with Crippen LogP contribution in [-0.4, -0.2) is 43.9 Å². The molecule has 0 saturated heterocycles. The predicted octanol–water partition coefficient (Wildman–Crippen LogP) is 1.86. The summed E-state index contributed by atoms with van der Waals surface area (Å²) >= 11 is 1.18. The fourth-order valence-electron chi connectivity index (χ4n) is 3.17. The van der Waals surface area contributed by atoms with Crippen molar-refractivity contribution in [2.45, 2.75) is 13.0 Å². The minimum Gasteiger partial charge on any atom is -0.454 e.